The van der Waals surface area contributed by atoms with Gasteiger partial charge in [-0.3, -0.25) is 9.59 Å². The highest BCUT2D eigenvalue weighted by molar-refractivity contribution is 6.64. The van der Waals surface area contributed by atoms with Gasteiger partial charge in [-0.2, -0.15) is 0 Å². The van der Waals surface area contributed by atoms with Crippen LogP contribution in [0.4, 0.5) is 0 Å². The van der Waals surface area contributed by atoms with Crippen LogP contribution in [0.2, 0.25) is 0 Å². The van der Waals surface area contributed by atoms with Gasteiger partial charge in [-0.25, -0.2) is 0 Å². The van der Waals surface area contributed by atoms with Gasteiger partial charge in [-0.05, 0) is 40.7 Å². The van der Waals surface area contributed by atoms with E-state index in [1.165, 1.54) is 0 Å². The molecule has 0 unspecified atom stereocenters. The largest absolute Gasteiger partial charge is 0.499 e. The lowest BCUT2D eigenvalue weighted by Crippen LogP contribution is -2.41. The minimum atomic E-state index is -0.719. The summed E-state index contributed by atoms with van der Waals surface area (Å²) in [6, 6.07) is 5.14. The number of rotatable bonds is 7. The average Bonchev–Trinajstić information content (AvgIpc) is 2.75. The first kappa shape index (κ1) is 19.5. The molecule has 1 aliphatic rings. The van der Waals surface area contributed by atoms with Crippen molar-refractivity contribution in [3.63, 3.8) is 0 Å². The van der Waals surface area contributed by atoms with Crippen molar-refractivity contribution >= 4 is 24.8 Å². The van der Waals surface area contributed by atoms with Crippen LogP contribution in [-0.2, 0) is 18.8 Å². The van der Waals surface area contributed by atoms with Gasteiger partial charge in [0.15, 0.2) is 0 Å². The van der Waals surface area contributed by atoms with Gasteiger partial charge in [0, 0.05) is 11.0 Å². The number of ether oxygens (including phenoxy) is 2. The van der Waals surface area contributed by atoms with Gasteiger partial charge in [0.2, 0.25) is 0 Å². The summed E-state index contributed by atoms with van der Waals surface area (Å²) >= 11 is 0. The molecule has 0 amide bonds. The van der Waals surface area contributed by atoms with Crippen molar-refractivity contribution < 1.29 is 28.4 Å². The van der Waals surface area contributed by atoms with Crippen LogP contribution in [0.1, 0.15) is 51.4 Å². The molecule has 0 aromatic heterocycles. The second-order valence-electron chi connectivity index (χ2n) is 6.87. The molecule has 1 saturated heterocycles. The second-order valence-corrected chi connectivity index (χ2v) is 6.87. The Morgan fingerprint density at radius 2 is 1.84 bits per heavy atom. The van der Waals surface area contributed by atoms with E-state index in [1.54, 1.807) is 25.1 Å². The van der Waals surface area contributed by atoms with E-state index in [0.29, 0.717) is 23.4 Å². The van der Waals surface area contributed by atoms with Gasteiger partial charge < -0.3 is 18.8 Å². The third-order valence-corrected chi connectivity index (χ3v) is 4.58. The summed E-state index contributed by atoms with van der Waals surface area (Å²) in [5.74, 6) is 0.138. The van der Waals surface area contributed by atoms with Crippen LogP contribution in [0.5, 0.6) is 5.75 Å². The smallest absolute Gasteiger partial charge is 0.493 e. The molecule has 7 heteroatoms. The maximum atomic E-state index is 11.5. The SMILES string of the molecule is CCOC(=O)CCOc1cccc(C=O)c1B1OC(C)(C)C(C)(C)O1. The standard InChI is InChI=1S/C18H25BO6/c1-6-22-15(21)10-11-23-14-9-7-8-13(12-20)16(14)19-24-17(2,3)18(4,5)25-19/h7-9,12H,6,10-11H2,1-5H3. The van der Waals surface area contributed by atoms with E-state index < -0.39 is 18.3 Å². The first-order valence-corrected chi connectivity index (χ1v) is 8.44. The Bertz CT molecular complexity index is 624. The van der Waals surface area contributed by atoms with E-state index in [1.807, 2.05) is 27.7 Å². The number of esters is 1. The van der Waals surface area contributed by atoms with E-state index in [-0.39, 0.29) is 19.0 Å². The highest BCUT2D eigenvalue weighted by atomic mass is 16.7. The molecule has 25 heavy (non-hydrogen) atoms. The molecule has 0 saturated carbocycles. The van der Waals surface area contributed by atoms with Crippen molar-refractivity contribution in [3.05, 3.63) is 23.8 Å². The number of hydrogen-bond donors (Lipinski definition) is 0. The predicted octanol–water partition coefficient (Wildman–Crippen LogP) is 2.13. The van der Waals surface area contributed by atoms with Crippen molar-refractivity contribution in [3.8, 4) is 5.75 Å². The molecule has 0 spiro atoms. The molecule has 1 aromatic carbocycles. The number of carbonyl (C=O) groups excluding carboxylic acids is 2. The summed E-state index contributed by atoms with van der Waals surface area (Å²) < 4.78 is 22.7. The van der Waals surface area contributed by atoms with E-state index in [9.17, 15) is 9.59 Å². The van der Waals surface area contributed by atoms with Crippen molar-refractivity contribution in [2.45, 2.75) is 52.2 Å². The van der Waals surface area contributed by atoms with Crippen molar-refractivity contribution in [2.24, 2.45) is 0 Å². The topological polar surface area (TPSA) is 71.1 Å². The summed E-state index contributed by atoms with van der Waals surface area (Å²) in [7, 11) is -0.719. The summed E-state index contributed by atoms with van der Waals surface area (Å²) in [5, 5.41) is 0. The van der Waals surface area contributed by atoms with Crippen LogP contribution in [0.15, 0.2) is 18.2 Å². The maximum absolute atomic E-state index is 11.5. The van der Waals surface area contributed by atoms with Crippen LogP contribution in [-0.4, -0.2) is 43.8 Å². The van der Waals surface area contributed by atoms with Crippen LogP contribution < -0.4 is 10.2 Å². The maximum Gasteiger partial charge on any atom is 0.499 e. The molecular weight excluding hydrogens is 323 g/mol. The molecular formula is C18H25BO6. The van der Waals surface area contributed by atoms with Gasteiger partial charge in [0.25, 0.3) is 0 Å². The summed E-state index contributed by atoms with van der Waals surface area (Å²) in [5.41, 5.74) is -0.0849. The molecule has 1 heterocycles. The predicted molar refractivity (Wildman–Crippen MR) is 94.3 cm³/mol. The van der Waals surface area contributed by atoms with Crippen molar-refractivity contribution in [1.82, 2.24) is 0 Å². The Morgan fingerprint density at radius 3 is 2.40 bits per heavy atom. The number of aldehydes is 1. The molecule has 0 bridgehead atoms. The highest BCUT2D eigenvalue weighted by Crippen LogP contribution is 2.37. The third kappa shape index (κ3) is 4.22. The van der Waals surface area contributed by atoms with E-state index in [0.717, 1.165) is 6.29 Å². The lowest BCUT2D eigenvalue weighted by atomic mass is 9.75. The summed E-state index contributed by atoms with van der Waals surface area (Å²) in [4.78, 5) is 22.9. The number of hydrogen-bond acceptors (Lipinski definition) is 6. The van der Waals surface area contributed by atoms with Crippen LogP contribution >= 0.6 is 0 Å². The van der Waals surface area contributed by atoms with Gasteiger partial charge in [0.1, 0.15) is 12.0 Å². The Labute approximate surface area is 148 Å². The molecule has 0 atom stereocenters. The van der Waals surface area contributed by atoms with E-state index >= 15 is 0 Å². The molecule has 6 nitrogen and oxygen atoms in total. The first-order valence-electron chi connectivity index (χ1n) is 8.44. The Balaban J connectivity index is 2.22. The Kier molecular flexibility index (Phi) is 5.90. The van der Waals surface area contributed by atoms with Gasteiger partial charge in [-0.1, -0.05) is 12.1 Å². The fourth-order valence-electron chi connectivity index (χ4n) is 2.48. The zero-order valence-electron chi connectivity index (χ0n) is 15.5. The molecule has 1 fully saturated rings. The van der Waals surface area contributed by atoms with Crippen molar-refractivity contribution in [2.75, 3.05) is 13.2 Å². The van der Waals surface area contributed by atoms with Crippen LogP contribution in [0.25, 0.3) is 0 Å². The minimum absolute atomic E-state index is 0.127. The summed E-state index contributed by atoms with van der Waals surface area (Å²) in [6.45, 7) is 10.0. The number of benzene rings is 1. The van der Waals surface area contributed by atoms with E-state index in [4.69, 9.17) is 18.8 Å². The molecule has 0 aliphatic carbocycles. The van der Waals surface area contributed by atoms with Gasteiger partial charge >= 0.3 is 13.1 Å². The first-order chi connectivity index (χ1) is 11.7. The van der Waals surface area contributed by atoms with Crippen LogP contribution in [0.3, 0.4) is 0 Å². The van der Waals surface area contributed by atoms with E-state index in [2.05, 4.69) is 0 Å². The molecule has 1 aromatic rings. The summed E-state index contributed by atoms with van der Waals surface area (Å²) in [6.07, 6.45) is 0.876. The second kappa shape index (κ2) is 7.58. The van der Waals surface area contributed by atoms with Gasteiger partial charge in [0.05, 0.1) is 30.8 Å². The Morgan fingerprint density at radius 1 is 1.20 bits per heavy atom. The normalized spacial score (nSPS) is 18.0. The highest BCUT2D eigenvalue weighted by Gasteiger charge is 2.53. The van der Waals surface area contributed by atoms with Crippen LogP contribution in [0, 0.1) is 0 Å². The molecule has 0 N–H and O–H groups in total. The lowest BCUT2D eigenvalue weighted by molar-refractivity contribution is -0.143. The molecule has 2 rings (SSSR count). The fourth-order valence-corrected chi connectivity index (χ4v) is 2.48. The molecule has 0 radical (unpaired) electrons. The zero-order chi connectivity index (χ0) is 18.7. The zero-order valence-corrected chi connectivity index (χ0v) is 15.5. The Hall–Kier alpha value is -1.86. The van der Waals surface area contributed by atoms with Crippen molar-refractivity contribution in [1.29, 1.82) is 0 Å². The average molecular weight is 348 g/mol. The monoisotopic (exact) mass is 348 g/mol. The molecule has 136 valence electrons. The lowest BCUT2D eigenvalue weighted by Gasteiger charge is -2.32. The van der Waals surface area contributed by atoms with Gasteiger partial charge in [-0.15, -0.1) is 0 Å². The quantitative estimate of drug-likeness (QED) is 0.427. The third-order valence-electron chi connectivity index (χ3n) is 4.58. The minimum Gasteiger partial charge on any atom is -0.493 e. The number of carbonyl (C=O) groups is 2. The molecule has 1 aliphatic heterocycles. The fraction of sp³-hybridized carbons (Fsp3) is 0.556.